The van der Waals surface area contributed by atoms with Crippen LogP contribution in [0.15, 0.2) is 28.5 Å². The molecule has 1 aliphatic rings. The van der Waals surface area contributed by atoms with Crippen LogP contribution in [0.25, 0.3) is 11.3 Å². The smallest absolute Gasteiger partial charge is 0.230 e. The fourth-order valence-electron chi connectivity index (χ4n) is 2.59. The molecule has 0 unspecified atom stereocenters. The Morgan fingerprint density at radius 1 is 1.32 bits per heavy atom. The van der Waals surface area contributed by atoms with Crippen LogP contribution in [0.2, 0.25) is 0 Å². The number of nitrogens with zero attached hydrogens (tertiary/aromatic N) is 2. The van der Waals surface area contributed by atoms with Crippen LogP contribution >= 0.6 is 23.1 Å². The third-order valence-corrected chi connectivity index (χ3v) is 5.42. The Hall–Kier alpha value is -2.19. The fourth-order valence-corrected chi connectivity index (χ4v) is 3.97. The Bertz CT molecular complexity index is 831. The zero-order chi connectivity index (χ0) is 18.0. The van der Waals surface area contributed by atoms with Crippen LogP contribution in [0.5, 0.6) is 0 Å². The Labute approximate surface area is 153 Å². The molecule has 1 N–H and O–H groups in total. The van der Waals surface area contributed by atoms with Gasteiger partial charge in [0.25, 0.3) is 0 Å². The zero-order valence-electron chi connectivity index (χ0n) is 13.9. The Morgan fingerprint density at radius 3 is 2.68 bits per heavy atom. The standard InChI is InChI=1S/C17H17N3O3S2/c1-10(21)18-12-4-3-11(7-14(12)24-2)13-9-25-15(19-13)8-20-16(22)5-6-17(20)23/h3-4,7,9H,5-6,8H2,1-2H3,(H,18,21). The maximum absolute atomic E-state index is 11.7. The number of carbonyl (C=O) groups excluding carboxylic acids is 3. The molecule has 1 fully saturated rings. The number of rotatable bonds is 5. The molecule has 6 nitrogen and oxygen atoms in total. The van der Waals surface area contributed by atoms with Gasteiger partial charge in [-0.2, -0.15) is 0 Å². The van der Waals surface area contributed by atoms with E-state index in [-0.39, 0.29) is 24.3 Å². The molecular formula is C17H17N3O3S2. The maximum atomic E-state index is 11.7. The van der Waals surface area contributed by atoms with Gasteiger partial charge < -0.3 is 5.32 Å². The van der Waals surface area contributed by atoms with Gasteiger partial charge in [0.1, 0.15) is 5.01 Å². The van der Waals surface area contributed by atoms with Crippen LogP contribution < -0.4 is 5.32 Å². The summed E-state index contributed by atoms with van der Waals surface area (Å²) in [5, 5.41) is 5.45. The van der Waals surface area contributed by atoms with Gasteiger partial charge in [-0.05, 0) is 18.4 Å². The normalized spacial score (nSPS) is 14.2. The molecule has 0 radical (unpaired) electrons. The summed E-state index contributed by atoms with van der Waals surface area (Å²) in [5.74, 6) is -0.379. The van der Waals surface area contributed by atoms with E-state index in [4.69, 9.17) is 0 Å². The Balaban J connectivity index is 1.81. The highest BCUT2D eigenvalue weighted by molar-refractivity contribution is 7.98. The van der Waals surface area contributed by atoms with Gasteiger partial charge in [0.05, 0.1) is 17.9 Å². The molecule has 0 saturated carbocycles. The van der Waals surface area contributed by atoms with E-state index in [0.29, 0.717) is 12.8 Å². The quantitative estimate of drug-likeness (QED) is 0.641. The van der Waals surface area contributed by atoms with E-state index in [9.17, 15) is 14.4 Å². The lowest BCUT2D eigenvalue weighted by Crippen LogP contribution is -2.28. The zero-order valence-corrected chi connectivity index (χ0v) is 15.5. The number of hydrogen-bond acceptors (Lipinski definition) is 6. The molecule has 3 amide bonds. The van der Waals surface area contributed by atoms with Crippen LogP contribution in [0.1, 0.15) is 24.8 Å². The summed E-state index contributed by atoms with van der Waals surface area (Å²) in [7, 11) is 0. The Morgan fingerprint density at radius 2 is 2.04 bits per heavy atom. The van der Waals surface area contributed by atoms with E-state index in [1.54, 1.807) is 11.8 Å². The highest BCUT2D eigenvalue weighted by Gasteiger charge is 2.29. The van der Waals surface area contributed by atoms with Gasteiger partial charge >= 0.3 is 0 Å². The number of aromatic nitrogens is 1. The molecule has 1 aliphatic heterocycles. The van der Waals surface area contributed by atoms with Gasteiger partial charge in [0.15, 0.2) is 0 Å². The number of thiazole rings is 1. The van der Waals surface area contributed by atoms with E-state index >= 15 is 0 Å². The molecule has 130 valence electrons. The van der Waals surface area contributed by atoms with Crippen molar-refractivity contribution in [2.75, 3.05) is 11.6 Å². The van der Waals surface area contributed by atoms with Crippen LogP contribution in [0.3, 0.4) is 0 Å². The van der Waals surface area contributed by atoms with Crippen molar-refractivity contribution in [1.82, 2.24) is 9.88 Å². The number of nitrogens with one attached hydrogen (secondary N) is 1. The van der Waals surface area contributed by atoms with E-state index < -0.39 is 0 Å². The predicted octanol–water partition coefficient (Wildman–Crippen LogP) is 3.14. The predicted molar refractivity (Wildman–Crippen MR) is 98.4 cm³/mol. The van der Waals surface area contributed by atoms with Crippen molar-refractivity contribution >= 4 is 46.5 Å². The van der Waals surface area contributed by atoms with E-state index in [1.165, 1.54) is 23.2 Å². The third kappa shape index (κ3) is 3.91. The van der Waals surface area contributed by atoms with Crippen LogP contribution in [-0.4, -0.2) is 33.9 Å². The summed E-state index contributed by atoms with van der Waals surface area (Å²) in [6.07, 6.45) is 2.53. The topological polar surface area (TPSA) is 79.4 Å². The van der Waals surface area contributed by atoms with Crippen LogP contribution in [0, 0.1) is 0 Å². The first kappa shape index (κ1) is 17.6. The number of carbonyl (C=O) groups is 3. The molecule has 0 bridgehead atoms. The molecule has 2 aromatic rings. The number of benzene rings is 1. The van der Waals surface area contributed by atoms with Crippen LogP contribution in [-0.2, 0) is 20.9 Å². The highest BCUT2D eigenvalue weighted by Crippen LogP contribution is 2.32. The molecule has 1 saturated heterocycles. The van der Waals surface area contributed by atoms with Crippen molar-refractivity contribution < 1.29 is 14.4 Å². The maximum Gasteiger partial charge on any atom is 0.230 e. The minimum Gasteiger partial charge on any atom is -0.325 e. The average Bonchev–Trinajstić information content (AvgIpc) is 3.17. The molecule has 3 rings (SSSR count). The minimum absolute atomic E-state index is 0.112. The summed E-state index contributed by atoms with van der Waals surface area (Å²) in [5.41, 5.74) is 2.50. The van der Waals surface area contributed by atoms with E-state index in [2.05, 4.69) is 10.3 Å². The minimum atomic E-state index is -0.133. The molecule has 0 spiro atoms. The van der Waals surface area contributed by atoms with Gasteiger partial charge in [0.2, 0.25) is 17.7 Å². The number of thioether (sulfide) groups is 1. The first-order valence-electron chi connectivity index (χ1n) is 7.71. The molecule has 8 heteroatoms. The molecule has 2 heterocycles. The van der Waals surface area contributed by atoms with Crippen molar-refractivity contribution in [2.24, 2.45) is 0 Å². The number of imide groups is 1. The highest BCUT2D eigenvalue weighted by atomic mass is 32.2. The van der Waals surface area contributed by atoms with Gasteiger partial charge in [-0.1, -0.05) is 6.07 Å². The fraction of sp³-hybridized carbons (Fsp3) is 0.294. The largest absolute Gasteiger partial charge is 0.325 e. The van der Waals surface area contributed by atoms with Gasteiger partial charge in [-0.3, -0.25) is 19.3 Å². The lowest BCUT2D eigenvalue weighted by Gasteiger charge is -2.11. The number of anilines is 1. The van der Waals surface area contributed by atoms with Crippen molar-refractivity contribution in [3.8, 4) is 11.3 Å². The molecule has 0 aliphatic carbocycles. The molecule has 1 aromatic heterocycles. The number of likely N-dealkylation sites (tertiary alicyclic amines) is 1. The summed E-state index contributed by atoms with van der Waals surface area (Å²) in [6, 6.07) is 5.73. The lowest BCUT2D eigenvalue weighted by molar-refractivity contribution is -0.139. The average molecular weight is 375 g/mol. The van der Waals surface area contributed by atoms with Gasteiger partial charge in [0, 0.05) is 35.6 Å². The van der Waals surface area contributed by atoms with Crippen molar-refractivity contribution in [1.29, 1.82) is 0 Å². The van der Waals surface area contributed by atoms with E-state index in [1.807, 2.05) is 29.8 Å². The molecule has 25 heavy (non-hydrogen) atoms. The van der Waals surface area contributed by atoms with Crippen molar-refractivity contribution in [3.63, 3.8) is 0 Å². The summed E-state index contributed by atoms with van der Waals surface area (Å²) >= 11 is 2.97. The second-order valence-electron chi connectivity index (χ2n) is 5.60. The van der Waals surface area contributed by atoms with Crippen LogP contribution in [0.4, 0.5) is 5.69 Å². The van der Waals surface area contributed by atoms with Gasteiger partial charge in [-0.25, -0.2) is 4.98 Å². The second-order valence-corrected chi connectivity index (χ2v) is 7.39. The van der Waals surface area contributed by atoms with Crippen molar-refractivity contribution in [3.05, 3.63) is 28.6 Å². The first-order valence-corrected chi connectivity index (χ1v) is 9.82. The lowest BCUT2D eigenvalue weighted by atomic mass is 10.1. The van der Waals surface area contributed by atoms with Crippen molar-refractivity contribution in [2.45, 2.75) is 31.2 Å². The number of hydrogen-bond donors (Lipinski definition) is 1. The summed E-state index contributed by atoms with van der Waals surface area (Å²) in [4.78, 5) is 41.5. The van der Waals surface area contributed by atoms with E-state index in [0.717, 1.165) is 26.8 Å². The van der Waals surface area contributed by atoms with Gasteiger partial charge in [-0.15, -0.1) is 23.1 Å². The molecule has 0 atom stereocenters. The number of amides is 3. The monoisotopic (exact) mass is 375 g/mol. The summed E-state index contributed by atoms with van der Waals surface area (Å²) < 4.78 is 0. The molecule has 1 aromatic carbocycles. The summed E-state index contributed by atoms with van der Waals surface area (Å²) in [6.45, 7) is 1.72. The second kappa shape index (κ2) is 7.37. The SMILES string of the molecule is CSc1cc(-c2csc(CN3C(=O)CCC3=O)n2)ccc1NC(C)=O. The first-order chi connectivity index (χ1) is 12.0. The Kier molecular flexibility index (Phi) is 5.19. The molecular weight excluding hydrogens is 358 g/mol. The third-order valence-electron chi connectivity index (χ3n) is 3.81.